The summed E-state index contributed by atoms with van der Waals surface area (Å²) in [5.41, 5.74) is -0.600. The monoisotopic (exact) mass is 330 g/mol. The summed E-state index contributed by atoms with van der Waals surface area (Å²) in [6.07, 6.45) is 0. The van der Waals surface area contributed by atoms with Gasteiger partial charge in [-0.3, -0.25) is 9.78 Å². The van der Waals surface area contributed by atoms with Crippen LogP contribution in [0.15, 0.2) is 33.9 Å². The van der Waals surface area contributed by atoms with Crippen LogP contribution in [0.3, 0.4) is 0 Å². The van der Waals surface area contributed by atoms with Crippen molar-refractivity contribution >= 4 is 22.6 Å². The molecule has 2 aromatic heterocycles. The minimum Gasteiger partial charge on any atom is -0.273 e. The highest BCUT2D eigenvalue weighted by Crippen LogP contribution is 2.22. The zero-order valence-corrected chi connectivity index (χ0v) is 12.5. The number of nitriles is 1. The van der Waals surface area contributed by atoms with Gasteiger partial charge in [-0.15, -0.1) is 0 Å². The third kappa shape index (κ3) is 2.29. The van der Waals surface area contributed by atoms with E-state index < -0.39 is 22.2 Å². The number of aromatic amines is 1. The number of halogens is 2. The Morgan fingerprint density at radius 2 is 2.13 bits per heavy atom. The van der Waals surface area contributed by atoms with Crippen LogP contribution in [0.25, 0.3) is 16.7 Å². The number of hydrogen-bond donors (Lipinski definition) is 1. The molecule has 8 heteroatoms. The van der Waals surface area contributed by atoms with Crippen molar-refractivity contribution < 1.29 is 4.39 Å². The zero-order chi connectivity index (χ0) is 16.7. The lowest BCUT2D eigenvalue weighted by Gasteiger charge is -2.13. The number of nitrogens with zero attached hydrogens (tertiary/aromatic N) is 3. The van der Waals surface area contributed by atoms with E-state index in [-0.39, 0.29) is 22.3 Å². The minimum absolute atomic E-state index is 0.115. The molecule has 3 aromatic rings. The Balaban J connectivity index is 2.59. The first-order chi connectivity index (χ1) is 10.9. The number of para-hydroxylation sites is 1. The summed E-state index contributed by atoms with van der Waals surface area (Å²) in [5.74, 6) is -0.875. The molecule has 0 atom stereocenters. The molecular weight excluding hydrogens is 323 g/mol. The molecule has 0 spiro atoms. The van der Waals surface area contributed by atoms with Gasteiger partial charge >= 0.3 is 5.69 Å². The maximum atomic E-state index is 13.6. The Labute approximate surface area is 133 Å². The molecule has 0 saturated carbocycles. The number of pyridine rings is 1. The fraction of sp³-hybridized carbons (Fsp3) is 0.0667. The van der Waals surface area contributed by atoms with Gasteiger partial charge in [-0.05, 0) is 24.6 Å². The van der Waals surface area contributed by atoms with Gasteiger partial charge in [0.15, 0.2) is 16.6 Å². The van der Waals surface area contributed by atoms with Crippen LogP contribution in [0.4, 0.5) is 4.39 Å². The third-order valence-corrected chi connectivity index (χ3v) is 3.64. The van der Waals surface area contributed by atoms with E-state index >= 15 is 0 Å². The number of nitrogens with one attached hydrogen (secondary N) is 1. The molecular formula is C15H8ClFN4O2. The molecule has 0 aliphatic heterocycles. The van der Waals surface area contributed by atoms with Crippen LogP contribution in [0.5, 0.6) is 0 Å². The van der Waals surface area contributed by atoms with Crippen LogP contribution >= 0.6 is 11.6 Å². The highest BCUT2D eigenvalue weighted by molar-refractivity contribution is 6.29. The first kappa shape index (κ1) is 14.9. The molecule has 0 amide bonds. The maximum absolute atomic E-state index is 13.6. The van der Waals surface area contributed by atoms with Gasteiger partial charge in [0, 0.05) is 0 Å². The van der Waals surface area contributed by atoms with E-state index in [1.807, 2.05) is 6.07 Å². The average Bonchev–Trinajstić information content (AvgIpc) is 2.50. The average molecular weight is 331 g/mol. The molecule has 23 heavy (non-hydrogen) atoms. The van der Waals surface area contributed by atoms with Crippen molar-refractivity contribution in [1.82, 2.24) is 14.5 Å². The maximum Gasteiger partial charge on any atom is 0.334 e. The lowest BCUT2D eigenvalue weighted by atomic mass is 10.1. The number of benzene rings is 1. The van der Waals surface area contributed by atoms with Crippen molar-refractivity contribution in [3.05, 3.63) is 67.2 Å². The van der Waals surface area contributed by atoms with E-state index in [0.717, 1.165) is 10.6 Å². The fourth-order valence-corrected chi connectivity index (χ4v) is 2.50. The number of aromatic nitrogens is 3. The second kappa shape index (κ2) is 5.34. The van der Waals surface area contributed by atoms with E-state index in [0.29, 0.717) is 5.56 Å². The normalized spacial score (nSPS) is 10.7. The molecule has 3 rings (SSSR count). The number of H-pyrrole nitrogens is 1. The quantitative estimate of drug-likeness (QED) is 0.691. The largest absolute Gasteiger partial charge is 0.334 e. The molecule has 0 fully saturated rings. The van der Waals surface area contributed by atoms with Crippen molar-refractivity contribution in [1.29, 1.82) is 5.26 Å². The first-order valence-electron chi connectivity index (χ1n) is 6.45. The van der Waals surface area contributed by atoms with E-state index in [4.69, 9.17) is 11.6 Å². The van der Waals surface area contributed by atoms with Gasteiger partial charge in [-0.2, -0.15) is 5.26 Å². The molecule has 6 nitrogen and oxygen atoms in total. The molecule has 0 saturated heterocycles. The van der Waals surface area contributed by atoms with E-state index in [1.54, 1.807) is 19.1 Å². The Kier molecular flexibility index (Phi) is 3.47. The van der Waals surface area contributed by atoms with Crippen molar-refractivity contribution in [3.63, 3.8) is 0 Å². The summed E-state index contributed by atoms with van der Waals surface area (Å²) >= 11 is 5.69. The van der Waals surface area contributed by atoms with Gasteiger partial charge in [-0.1, -0.05) is 23.7 Å². The van der Waals surface area contributed by atoms with Crippen LogP contribution in [0.2, 0.25) is 5.15 Å². The summed E-state index contributed by atoms with van der Waals surface area (Å²) in [6.45, 7) is 1.70. The predicted molar refractivity (Wildman–Crippen MR) is 82.4 cm³/mol. The Hall–Kier alpha value is -2.98. The van der Waals surface area contributed by atoms with Crippen LogP contribution in [-0.4, -0.2) is 14.5 Å². The number of fused-ring (bicyclic) bond motifs is 1. The van der Waals surface area contributed by atoms with E-state index in [1.165, 1.54) is 6.07 Å². The SMILES string of the molecule is Cc1cccc(C#N)c1-n1c(=O)[nH]c(=O)c2cc(F)c(Cl)nc21. The summed E-state index contributed by atoms with van der Waals surface area (Å²) in [7, 11) is 0. The number of rotatable bonds is 1. The minimum atomic E-state index is -0.875. The molecule has 0 aliphatic rings. The summed E-state index contributed by atoms with van der Waals surface area (Å²) < 4.78 is 14.7. The summed E-state index contributed by atoms with van der Waals surface area (Å²) in [6, 6.07) is 7.77. The van der Waals surface area contributed by atoms with Crippen molar-refractivity contribution in [3.8, 4) is 11.8 Å². The van der Waals surface area contributed by atoms with Crippen LogP contribution < -0.4 is 11.2 Å². The van der Waals surface area contributed by atoms with E-state index in [9.17, 15) is 19.2 Å². The van der Waals surface area contributed by atoms with Crippen molar-refractivity contribution in [2.75, 3.05) is 0 Å². The molecule has 0 unspecified atom stereocenters. The van der Waals surface area contributed by atoms with Gasteiger partial charge in [0.2, 0.25) is 0 Å². The smallest absolute Gasteiger partial charge is 0.273 e. The van der Waals surface area contributed by atoms with Crippen molar-refractivity contribution in [2.24, 2.45) is 0 Å². The molecule has 1 aromatic carbocycles. The molecule has 0 radical (unpaired) electrons. The zero-order valence-electron chi connectivity index (χ0n) is 11.7. The number of hydrogen-bond acceptors (Lipinski definition) is 4. The molecule has 2 heterocycles. The van der Waals surface area contributed by atoms with Crippen LogP contribution in [0.1, 0.15) is 11.1 Å². The Morgan fingerprint density at radius 3 is 2.83 bits per heavy atom. The van der Waals surface area contributed by atoms with Crippen molar-refractivity contribution in [2.45, 2.75) is 6.92 Å². The topological polar surface area (TPSA) is 91.5 Å². The molecule has 114 valence electrons. The Morgan fingerprint density at radius 1 is 1.39 bits per heavy atom. The number of aryl methyl sites for hydroxylation is 1. The second-order valence-corrected chi connectivity index (χ2v) is 5.17. The molecule has 1 N–H and O–H groups in total. The summed E-state index contributed by atoms with van der Waals surface area (Å²) in [5, 5.41) is 8.67. The second-order valence-electron chi connectivity index (χ2n) is 4.81. The highest BCUT2D eigenvalue weighted by atomic mass is 35.5. The van der Waals surface area contributed by atoms with Crippen LogP contribution in [-0.2, 0) is 0 Å². The van der Waals surface area contributed by atoms with Gasteiger partial charge in [-0.25, -0.2) is 18.7 Å². The molecule has 0 bridgehead atoms. The van der Waals surface area contributed by atoms with Gasteiger partial charge in [0.25, 0.3) is 5.56 Å². The third-order valence-electron chi connectivity index (χ3n) is 3.37. The highest BCUT2D eigenvalue weighted by Gasteiger charge is 2.17. The summed E-state index contributed by atoms with van der Waals surface area (Å²) in [4.78, 5) is 30.1. The lowest BCUT2D eigenvalue weighted by Crippen LogP contribution is -2.31. The van der Waals surface area contributed by atoms with Gasteiger partial charge < -0.3 is 0 Å². The Bertz CT molecular complexity index is 1110. The fourth-order valence-electron chi connectivity index (χ4n) is 2.36. The van der Waals surface area contributed by atoms with E-state index in [2.05, 4.69) is 9.97 Å². The lowest BCUT2D eigenvalue weighted by molar-refractivity contribution is 0.623. The molecule has 0 aliphatic carbocycles. The van der Waals surface area contributed by atoms with Gasteiger partial charge in [0.05, 0.1) is 16.6 Å². The van der Waals surface area contributed by atoms with Gasteiger partial charge in [0.1, 0.15) is 6.07 Å². The predicted octanol–water partition coefficient (Wildman–Crippen LogP) is 2.05. The van der Waals surface area contributed by atoms with Crippen LogP contribution in [0, 0.1) is 24.1 Å². The first-order valence-corrected chi connectivity index (χ1v) is 6.83. The standard InChI is InChI=1S/C15H8ClFN4O2/c1-7-3-2-4-8(6-18)11(7)21-13-9(14(22)20-15(21)23)5-10(17)12(16)19-13/h2-5H,1H3,(H,20,22,23).